The zero-order valence-electron chi connectivity index (χ0n) is 12.9. The van der Waals surface area contributed by atoms with Gasteiger partial charge in [0.1, 0.15) is 0 Å². The van der Waals surface area contributed by atoms with Crippen LogP contribution in [0, 0.1) is 0 Å². The molecule has 0 unspecified atom stereocenters. The summed E-state index contributed by atoms with van der Waals surface area (Å²) in [6.45, 7) is 8.41. The van der Waals surface area contributed by atoms with Crippen molar-refractivity contribution in [2.45, 2.75) is 32.9 Å². The molecule has 1 aromatic carbocycles. The number of halogens is 1. The maximum absolute atomic E-state index is 5.66. The molecule has 20 heavy (non-hydrogen) atoms. The van der Waals surface area contributed by atoms with Gasteiger partial charge in [-0.05, 0) is 54.4 Å². The number of hydrogen-bond acceptors (Lipinski definition) is 4. The summed E-state index contributed by atoms with van der Waals surface area (Å²) in [4.78, 5) is 0. The molecule has 0 saturated heterocycles. The summed E-state index contributed by atoms with van der Waals surface area (Å²) in [5.41, 5.74) is 0.963. The van der Waals surface area contributed by atoms with Crippen molar-refractivity contribution in [1.82, 2.24) is 5.32 Å². The van der Waals surface area contributed by atoms with Gasteiger partial charge in [-0.2, -0.15) is 0 Å². The van der Waals surface area contributed by atoms with Crippen LogP contribution in [0.2, 0.25) is 0 Å². The van der Waals surface area contributed by atoms with Crippen LogP contribution in [0.15, 0.2) is 16.6 Å². The first-order valence-electron chi connectivity index (χ1n) is 6.68. The van der Waals surface area contributed by atoms with E-state index in [4.69, 9.17) is 14.2 Å². The van der Waals surface area contributed by atoms with Gasteiger partial charge in [0.2, 0.25) is 0 Å². The highest BCUT2D eigenvalue weighted by molar-refractivity contribution is 9.10. The van der Waals surface area contributed by atoms with Gasteiger partial charge in [-0.15, -0.1) is 0 Å². The van der Waals surface area contributed by atoms with Crippen molar-refractivity contribution in [2.75, 3.05) is 27.4 Å². The Morgan fingerprint density at radius 3 is 2.45 bits per heavy atom. The van der Waals surface area contributed by atoms with E-state index in [1.807, 2.05) is 19.1 Å². The van der Waals surface area contributed by atoms with E-state index >= 15 is 0 Å². The van der Waals surface area contributed by atoms with Gasteiger partial charge in [0.15, 0.2) is 11.5 Å². The first-order chi connectivity index (χ1) is 9.43. The number of rotatable bonds is 8. The van der Waals surface area contributed by atoms with Crippen LogP contribution >= 0.6 is 15.9 Å². The molecule has 0 bridgehead atoms. The molecule has 0 radical (unpaired) electrons. The topological polar surface area (TPSA) is 39.7 Å². The van der Waals surface area contributed by atoms with Gasteiger partial charge in [-0.1, -0.05) is 0 Å². The lowest BCUT2D eigenvalue weighted by Crippen LogP contribution is -2.37. The standard InChI is InChI=1S/C15H24BrNO3/c1-6-20-15(2,3)10-17-9-11-7-12(16)14(19-5)13(8-11)18-4/h7-8,17H,6,9-10H2,1-5H3. The van der Waals surface area contributed by atoms with Crippen LogP contribution in [0.5, 0.6) is 11.5 Å². The molecule has 0 fully saturated rings. The molecule has 0 saturated carbocycles. The van der Waals surface area contributed by atoms with E-state index in [1.165, 1.54) is 0 Å². The van der Waals surface area contributed by atoms with Gasteiger partial charge < -0.3 is 19.5 Å². The quantitative estimate of drug-likeness (QED) is 0.784. The third-order valence-corrected chi connectivity index (χ3v) is 3.50. The van der Waals surface area contributed by atoms with Gasteiger partial charge in [-0.3, -0.25) is 0 Å². The van der Waals surface area contributed by atoms with Gasteiger partial charge in [-0.25, -0.2) is 0 Å². The van der Waals surface area contributed by atoms with Gasteiger partial charge >= 0.3 is 0 Å². The third kappa shape index (κ3) is 4.96. The molecule has 0 aliphatic heterocycles. The highest BCUT2D eigenvalue weighted by atomic mass is 79.9. The van der Waals surface area contributed by atoms with Crippen LogP contribution in [0.25, 0.3) is 0 Å². The van der Waals surface area contributed by atoms with Gasteiger partial charge in [0.05, 0.1) is 24.3 Å². The van der Waals surface area contributed by atoms with Gasteiger partial charge in [0, 0.05) is 19.7 Å². The SMILES string of the molecule is CCOC(C)(C)CNCc1cc(Br)c(OC)c(OC)c1. The minimum absolute atomic E-state index is 0.164. The number of methoxy groups -OCH3 is 2. The number of hydrogen-bond donors (Lipinski definition) is 1. The summed E-state index contributed by atoms with van der Waals surface area (Å²) >= 11 is 3.50. The van der Waals surface area contributed by atoms with Crippen molar-refractivity contribution >= 4 is 15.9 Å². The minimum atomic E-state index is -0.164. The Balaban J connectivity index is 2.67. The predicted molar refractivity (Wildman–Crippen MR) is 84.7 cm³/mol. The monoisotopic (exact) mass is 345 g/mol. The zero-order valence-corrected chi connectivity index (χ0v) is 14.5. The molecule has 1 aromatic rings. The average Bonchev–Trinajstić information content (AvgIpc) is 2.37. The van der Waals surface area contributed by atoms with Crippen LogP contribution < -0.4 is 14.8 Å². The fraction of sp³-hybridized carbons (Fsp3) is 0.600. The van der Waals surface area contributed by atoms with Gasteiger partial charge in [0.25, 0.3) is 0 Å². The van der Waals surface area contributed by atoms with E-state index in [-0.39, 0.29) is 5.60 Å². The zero-order chi connectivity index (χ0) is 15.2. The Kier molecular flexibility index (Phi) is 6.79. The van der Waals surface area contributed by atoms with Crippen molar-refractivity contribution < 1.29 is 14.2 Å². The van der Waals surface area contributed by atoms with E-state index in [9.17, 15) is 0 Å². The Morgan fingerprint density at radius 1 is 1.20 bits per heavy atom. The first kappa shape index (κ1) is 17.3. The lowest BCUT2D eigenvalue weighted by atomic mass is 10.1. The molecule has 4 nitrogen and oxygen atoms in total. The molecule has 1 N–H and O–H groups in total. The molecule has 0 atom stereocenters. The summed E-state index contributed by atoms with van der Waals surface area (Å²) in [6.07, 6.45) is 0. The molecule has 1 rings (SSSR count). The molecule has 0 aliphatic carbocycles. The van der Waals surface area contributed by atoms with Crippen molar-refractivity contribution in [3.8, 4) is 11.5 Å². The normalized spacial score (nSPS) is 11.5. The fourth-order valence-corrected chi connectivity index (χ4v) is 2.67. The van der Waals surface area contributed by atoms with Crippen molar-refractivity contribution in [3.63, 3.8) is 0 Å². The van der Waals surface area contributed by atoms with Crippen molar-refractivity contribution in [1.29, 1.82) is 0 Å². The molecule has 5 heteroatoms. The first-order valence-corrected chi connectivity index (χ1v) is 7.48. The molecule has 0 amide bonds. The second-order valence-corrected chi connectivity index (χ2v) is 5.96. The lowest BCUT2D eigenvalue weighted by molar-refractivity contribution is -0.00897. The average molecular weight is 346 g/mol. The Morgan fingerprint density at radius 2 is 1.90 bits per heavy atom. The molecule has 114 valence electrons. The summed E-state index contributed by atoms with van der Waals surface area (Å²) in [6, 6.07) is 4.01. The summed E-state index contributed by atoms with van der Waals surface area (Å²) in [7, 11) is 3.27. The molecular formula is C15H24BrNO3. The number of ether oxygens (including phenoxy) is 3. The second kappa shape index (κ2) is 7.86. The maximum atomic E-state index is 5.66. The van der Waals surface area contributed by atoms with Crippen LogP contribution in [-0.4, -0.2) is 33.0 Å². The van der Waals surface area contributed by atoms with E-state index in [0.29, 0.717) is 5.75 Å². The number of benzene rings is 1. The van der Waals surface area contributed by atoms with E-state index in [1.54, 1.807) is 14.2 Å². The second-order valence-electron chi connectivity index (χ2n) is 5.11. The summed E-state index contributed by atoms with van der Waals surface area (Å²) < 4.78 is 17.2. The van der Waals surface area contributed by atoms with Crippen LogP contribution in [-0.2, 0) is 11.3 Å². The Hall–Kier alpha value is -0.780. The highest BCUT2D eigenvalue weighted by Gasteiger charge is 2.17. The molecule has 0 aliphatic rings. The predicted octanol–water partition coefficient (Wildman–Crippen LogP) is 3.37. The molecule has 0 heterocycles. The van der Waals surface area contributed by atoms with Crippen molar-refractivity contribution in [3.05, 3.63) is 22.2 Å². The lowest BCUT2D eigenvalue weighted by Gasteiger charge is -2.25. The van der Waals surface area contributed by atoms with E-state index in [2.05, 4.69) is 35.1 Å². The largest absolute Gasteiger partial charge is 0.493 e. The Labute approximate surface area is 129 Å². The minimum Gasteiger partial charge on any atom is -0.493 e. The number of nitrogens with one attached hydrogen (secondary N) is 1. The molecule has 0 aromatic heterocycles. The van der Waals surface area contributed by atoms with Crippen molar-refractivity contribution in [2.24, 2.45) is 0 Å². The highest BCUT2D eigenvalue weighted by Crippen LogP contribution is 2.36. The van der Waals surface area contributed by atoms with Crippen LogP contribution in [0.1, 0.15) is 26.3 Å². The van der Waals surface area contributed by atoms with Crippen LogP contribution in [0.3, 0.4) is 0 Å². The fourth-order valence-electron chi connectivity index (χ4n) is 2.02. The molecular weight excluding hydrogens is 322 g/mol. The third-order valence-electron chi connectivity index (χ3n) is 2.91. The summed E-state index contributed by atoms with van der Waals surface area (Å²) in [5.74, 6) is 1.44. The van der Waals surface area contributed by atoms with E-state index < -0.39 is 0 Å². The summed E-state index contributed by atoms with van der Waals surface area (Å²) in [5, 5.41) is 3.40. The van der Waals surface area contributed by atoms with Crippen LogP contribution in [0.4, 0.5) is 0 Å². The van der Waals surface area contributed by atoms with E-state index in [0.717, 1.165) is 35.5 Å². The maximum Gasteiger partial charge on any atom is 0.174 e. The molecule has 0 spiro atoms. The Bertz CT molecular complexity index is 435. The smallest absolute Gasteiger partial charge is 0.174 e.